The average Bonchev–Trinajstić information content (AvgIpc) is 2.94. The minimum absolute atomic E-state index is 0.0950. The molecule has 0 fully saturated rings. The smallest absolute Gasteiger partial charge is 0.508 e. The highest BCUT2D eigenvalue weighted by atomic mass is 16.6. The Hall–Kier alpha value is -3.50. The second kappa shape index (κ2) is 6.51. The van der Waals surface area contributed by atoms with Crippen LogP contribution in [0.2, 0.25) is 0 Å². The van der Waals surface area contributed by atoms with Crippen LogP contribution in [0.1, 0.15) is 5.56 Å². The topological polar surface area (TPSA) is 144 Å². The van der Waals surface area contributed by atoms with Crippen LogP contribution in [-0.4, -0.2) is 59.3 Å². The first-order valence-corrected chi connectivity index (χ1v) is 6.25. The number of hydrogen-bond donors (Lipinski definition) is 3. The minimum atomic E-state index is -0.517. The first-order chi connectivity index (χ1) is 10.9. The summed E-state index contributed by atoms with van der Waals surface area (Å²) in [6.07, 6.45) is 2.35. The lowest BCUT2D eigenvalue weighted by Crippen LogP contribution is -2.26. The molecular formula is C12H13N6O5+. The number of carbonyl (C=O) groups is 1. The molecule has 0 bridgehead atoms. The third-order valence-corrected chi connectivity index (χ3v) is 2.74. The number of hydrazone groups is 1. The number of aromatic hydroxyl groups is 2. The highest BCUT2D eigenvalue weighted by Gasteiger charge is 2.20. The van der Waals surface area contributed by atoms with E-state index in [2.05, 4.69) is 15.2 Å². The molecule has 11 heteroatoms. The van der Waals surface area contributed by atoms with Crippen LogP contribution >= 0.6 is 0 Å². The molecule has 0 saturated carbocycles. The Balaban J connectivity index is 2.01. The largest absolute Gasteiger partial charge is 0.531 e. The molecule has 1 amide bonds. The molecule has 0 aliphatic rings. The molecule has 0 saturated heterocycles. The van der Waals surface area contributed by atoms with Crippen LogP contribution in [0.15, 0.2) is 29.6 Å². The van der Waals surface area contributed by atoms with Gasteiger partial charge in [0.1, 0.15) is 18.0 Å². The van der Waals surface area contributed by atoms with Crippen LogP contribution < -0.4 is 0 Å². The van der Waals surface area contributed by atoms with Gasteiger partial charge in [-0.15, -0.1) is 0 Å². The number of nitrogens with zero attached hydrogens (tertiary/aromatic N) is 6. The Morgan fingerprint density at radius 2 is 2.22 bits per heavy atom. The molecule has 11 nitrogen and oxygen atoms in total. The third kappa shape index (κ3) is 4.00. The number of hydrogen-bond acceptors (Lipinski definition) is 7. The first kappa shape index (κ1) is 15.9. The molecule has 3 N–H and O–H groups in total. The highest BCUT2D eigenvalue weighted by Crippen LogP contribution is 2.20. The standard InChI is InChI=1S/C12H12N6O5/c1-16(14-5-8-2-3-9(19)4-10(8)20)11(21)6-17-7-13-12(15-17)18(22)23/h2-5,7H,6H2,1H3,(H2-,14,19,20,22,23)/p+1. The van der Waals surface area contributed by atoms with E-state index in [1.165, 1.54) is 25.4 Å². The summed E-state index contributed by atoms with van der Waals surface area (Å²) in [4.78, 5) is 25.5. The number of benzene rings is 1. The predicted molar refractivity (Wildman–Crippen MR) is 75.2 cm³/mol. The SMILES string of the molecule is CN(/N=C/c1ccc(O)cc1O)C(=O)Cn1cnc([N+](=O)O)n1. The number of carbonyl (C=O) groups excluding carboxylic acids is 1. The van der Waals surface area contributed by atoms with Gasteiger partial charge in [-0.25, -0.2) is 5.01 Å². The Bertz CT molecular complexity index is 771. The summed E-state index contributed by atoms with van der Waals surface area (Å²) in [6.45, 7) is -0.254. The molecule has 1 aromatic carbocycles. The van der Waals surface area contributed by atoms with Crippen molar-refractivity contribution in [3.63, 3.8) is 0 Å². The molecule has 0 atom stereocenters. The van der Waals surface area contributed by atoms with Gasteiger partial charge in [-0.1, -0.05) is 4.91 Å². The van der Waals surface area contributed by atoms with Crippen LogP contribution in [0.3, 0.4) is 0 Å². The van der Waals surface area contributed by atoms with E-state index in [4.69, 9.17) is 5.21 Å². The van der Waals surface area contributed by atoms with Gasteiger partial charge in [0, 0.05) is 23.8 Å². The zero-order chi connectivity index (χ0) is 17.0. The number of phenolic OH excluding ortho intramolecular Hbond substituents is 2. The van der Waals surface area contributed by atoms with Gasteiger partial charge in [0.15, 0.2) is 4.92 Å². The highest BCUT2D eigenvalue weighted by molar-refractivity contribution is 5.85. The Labute approximate surface area is 129 Å². The zero-order valence-corrected chi connectivity index (χ0v) is 11.9. The molecule has 120 valence electrons. The number of rotatable bonds is 5. The molecule has 2 aromatic rings. The Morgan fingerprint density at radius 1 is 1.48 bits per heavy atom. The summed E-state index contributed by atoms with van der Waals surface area (Å²) in [7, 11) is 1.39. The first-order valence-electron chi connectivity index (χ1n) is 6.25. The van der Waals surface area contributed by atoms with Gasteiger partial charge in [-0.3, -0.25) is 4.79 Å². The second-order valence-corrected chi connectivity index (χ2v) is 4.42. The molecule has 0 aliphatic heterocycles. The molecule has 2 rings (SSSR count). The van der Waals surface area contributed by atoms with E-state index < -0.39 is 16.8 Å². The van der Waals surface area contributed by atoms with Gasteiger partial charge in [0.05, 0.1) is 6.21 Å². The van der Waals surface area contributed by atoms with E-state index in [1.54, 1.807) is 0 Å². The van der Waals surface area contributed by atoms with Crippen molar-refractivity contribution < 1.29 is 25.1 Å². The maximum atomic E-state index is 11.9. The van der Waals surface area contributed by atoms with E-state index in [-0.39, 0.29) is 18.0 Å². The summed E-state index contributed by atoms with van der Waals surface area (Å²) in [5.41, 5.74) is 0.313. The van der Waals surface area contributed by atoms with Gasteiger partial charge in [-0.2, -0.15) is 9.78 Å². The fraction of sp³-hybridized carbons (Fsp3) is 0.167. The minimum Gasteiger partial charge on any atom is -0.508 e. The van der Waals surface area contributed by atoms with Crippen LogP contribution in [0.5, 0.6) is 11.5 Å². The molecule has 0 unspecified atom stereocenters. The normalized spacial score (nSPS) is 10.8. The van der Waals surface area contributed by atoms with Crippen LogP contribution in [-0.2, 0) is 11.3 Å². The van der Waals surface area contributed by atoms with Crippen LogP contribution in [0, 0.1) is 4.91 Å². The summed E-state index contributed by atoms with van der Waals surface area (Å²) >= 11 is 0. The maximum Gasteiger partial charge on any atom is 0.531 e. The molecule has 0 spiro atoms. The van der Waals surface area contributed by atoms with Crippen molar-refractivity contribution in [3.8, 4) is 11.5 Å². The lowest BCUT2D eigenvalue weighted by molar-refractivity contribution is -0.734. The Morgan fingerprint density at radius 3 is 2.83 bits per heavy atom. The quantitative estimate of drug-likeness (QED) is 0.518. The molecule has 0 radical (unpaired) electrons. The van der Waals surface area contributed by atoms with Crippen molar-refractivity contribution in [1.82, 2.24) is 19.8 Å². The molecule has 1 heterocycles. The van der Waals surface area contributed by atoms with Crippen LogP contribution in [0.4, 0.5) is 5.95 Å². The van der Waals surface area contributed by atoms with Crippen molar-refractivity contribution in [2.45, 2.75) is 6.54 Å². The van der Waals surface area contributed by atoms with E-state index in [9.17, 15) is 19.9 Å². The van der Waals surface area contributed by atoms with Crippen molar-refractivity contribution in [3.05, 3.63) is 35.0 Å². The van der Waals surface area contributed by atoms with Crippen LogP contribution in [0.25, 0.3) is 0 Å². The third-order valence-electron chi connectivity index (χ3n) is 2.74. The van der Waals surface area contributed by atoms with Crippen molar-refractivity contribution in [1.29, 1.82) is 0 Å². The van der Waals surface area contributed by atoms with E-state index >= 15 is 0 Å². The van der Waals surface area contributed by atoms with Gasteiger partial charge in [0.25, 0.3) is 5.91 Å². The zero-order valence-electron chi connectivity index (χ0n) is 11.9. The number of phenols is 2. The van der Waals surface area contributed by atoms with Crippen molar-refractivity contribution >= 4 is 18.1 Å². The van der Waals surface area contributed by atoms with E-state index in [0.717, 1.165) is 22.1 Å². The molecular weight excluding hydrogens is 308 g/mol. The van der Waals surface area contributed by atoms with Gasteiger partial charge < -0.3 is 15.4 Å². The summed E-state index contributed by atoms with van der Waals surface area (Å²) in [6, 6.07) is 3.94. The molecule has 23 heavy (non-hydrogen) atoms. The average molecular weight is 321 g/mol. The number of aromatic nitrogens is 3. The molecule has 0 aliphatic carbocycles. The summed E-state index contributed by atoms with van der Waals surface area (Å²) < 4.78 is 1.06. The summed E-state index contributed by atoms with van der Waals surface area (Å²) in [5.74, 6) is -1.25. The molecule has 1 aromatic heterocycles. The lowest BCUT2D eigenvalue weighted by Gasteiger charge is -2.09. The maximum absolute atomic E-state index is 11.9. The summed E-state index contributed by atoms with van der Waals surface area (Å²) in [5, 5.41) is 35.8. The monoisotopic (exact) mass is 321 g/mol. The lowest BCUT2D eigenvalue weighted by atomic mass is 10.2. The number of likely N-dealkylation sites (N-methyl/N-ethyl adjacent to an activating group) is 1. The fourth-order valence-corrected chi connectivity index (χ4v) is 1.54. The predicted octanol–water partition coefficient (Wildman–Crippen LogP) is -0.0186. The van der Waals surface area contributed by atoms with Crippen molar-refractivity contribution in [2.24, 2.45) is 5.10 Å². The van der Waals surface area contributed by atoms with Gasteiger partial charge >= 0.3 is 5.95 Å². The van der Waals surface area contributed by atoms with Gasteiger partial charge in [0.2, 0.25) is 6.33 Å². The van der Waals surface area contributed by atoms with E-state index in [1.807, 2.05) is 0 Å². The van der Waals surface area contributed by atoms with E-state index in [0.29, 0.717) is 5.56 Å². The second-order valence-electron chi connectivity index (χ2n) is 4.42. The van der Waals surface area contributed by atoms with Crippen molar-refractivity contribution in [2.75, 3.05) is 7.05 Å². The fourth-order valence-electron chi connectivity index (χ4n) is 1.54. The number of amides is 1. The van der Waals surface area contributed by atoms with Gasteiger partial charge in [-0.05, 0) is 17.1 Å². The Kier molecular flexibility index (Phi) is 4.50.